The highest BCUT2D eigenvalue weighted by Gasteiger charge is 2.10. The summed E-state index contributed by atoms with van der Waals surface area (Å²) in [6, 6.07) is 8.03. The minimum absolute atomic E-state index is 0. The average molecular weight is 318 g/mol. The third-order valence-electron chi connectivity index (χ3n) is 3.17. The highest BCUT2D eigenvalue weighted by atomic mass is 35.5. The van der Waals surface area contributed by atoms with Gasteiger partial charge >= 0.3 is 0 Å². The van der Waals surface area contributed by atoms with Gasteiger partial charge in [-0.1, -0.05) is 11.3 Å². The number of aromatic nitrogens is 4. The Morgan fingerprint density at radius 2 is 2.10 bits per heavy atom. The van der Waals surface area contributed by atoms with Crippen LogP contribution in [0.3, 0.4) is 0 Å². The Kier molecular flexibility index (Phi) is 3.48. The van der Waals surface area contributed by atoms with Crippen LogP contribution in [0, 0.1) is 0 Å². The van der Waals surface area contributed by atoms with Crippen molar-refractivity contribution in [2.24, 2.45) is 7.05 Å². The maximum absolute atomic E-state index is 4.65. The van der Waals surface area contributed by atoms with E-state index in [1.807, 2.05) is 30.1 Å². The van der Waals surface area contributed by atoms with E-state index in [-0.39, 0.29) is 12.4 Å². The molecule has 5 nitrogen and oxygen atoms in total. The predicted molar refractivity (Wildman–Crippen MR) is 88.7 cm³/mol. The van der Waals surface area contributed by atoms with E-state index in [1.165, 1.54) is 0 Å². The van der Waals surface area contributed by atoms with Crippen LogP contribution in [0.1, 0.15) is 0 Å². The first-order valence-corrected chi connectivity index (χ1v) is 7.00. The number of hydrogen-bond donors (Lipinski definition) is 1. The van der Waals surface area contributed by atoms with Crippen LogP contribution in [0.2, 0.25) is 0 Å². The second kappa shape index (κ2) is 5.31. The van der Waals surface area contributed by atoms with E-state index in [1.54, 1.807) is 23.7 Å². The molecule has 4 aromatic rings. The van der Waals surface area contributed by atoms with Crippen molar-refractivity contribution in [1.82, 2.24) is 19.5 Å². The van der Waals surface area contributed by atoms with E-state index >= 15 is 0 Å². The number of benzene rings is 1. The molecular formula is C14H12ClN5S. The Bertz CT molecular complexity index is 900. The van der Waals surface area contributed by atoms with E-state index in [0.717, 1.165) is 32.1 Å². The van der Waals surface area contributed by atoms with Gasteiger partial charge in [-0.25, -0.2) is 9.97 Å². The first kappa shape index (κ1) is 13.8. The molecule has 0 saturated heterocycles. The van der Waals surface area contributed by atoms with Gasteiger partial charge in [0.2, 0.25) is 0 Å². The number of imidazole rings is 1. The topological polar surface area (TPSA) is 55.6 Å². The first-order valence-electron chi connectivity index (χ1n) is 6.19. The Morgan fingerprint density at radius 3 is 2.90 bits per heavy atom. The molecule has 0 amide bonds. The average Bonchev–Trinajstić information content (AvgIpc) is 3.03. The van der Waals surface area contributed by atoms with Crippen molar-refractivity contribution in [3.8, 4) is 0 Å². The van der Waals surface area contributed by atoms with Crippen LogP contribution in [0.5, 0.6) is 0 Å². The monoisotopic (exact) mass is 317 g/mol. The minimum Gasteiger partial charge on any atom is -0.334 e. The summed E-state index contributed by atoms with van der Waals surface area (Å²) >= 11 is 1.62. The number of aryl methyl sites for hydroxylation is 1. The predicted octanol–water partition coefficient (Wildman–Crippen LogP) is 3.74. The highest BCUT2D eigenvalue weighted by molar-refractivity contribution is 7.22. The van der Waals surface area contributed by atoms with Crippen LogP contribution >= 0.6 is 23.7 Å². The molecule has 0 bridgehead atoms. The van der Waals surface area contributed by atoms with E-state index in [9.17, 15) is 0 Å². The van der Waals surface area contributed by atoms with Gasteiger partial charge in [-0.15, -0.1) is 12.4 Å². The van der Waals surface area contributed by atoms with Crippen molar-refractivity contribution < 1.29 is 0 Å². The van der Waals surface area contributed by atoms with Gasteiger partial charge in [0.05, 0.1) is 28.4 Å². The summed E-state index contributed by atoms with van der Waals surface area (Å²) in [7, 11) is 1.99. The standard InChI is InChI=1S/C14H11N5S.ClH/c1-19-8-16-12-10(19)4-5-11-13(12)18-14(20-11)17-9-3-2-6-15-7-9;/h2-8H,1H3,(H,17,18);1H. The lowest BCUT2D eigenvalue weighted by atomic mass is 10.3. The number of pyridine rings is 1. The summed E-state index contributed by atoms with van der Waals surface area (Å²) in [5.74, 6) is 0. The first-order chi connectivity index (χ1) is 9.81. The van der Waals surface area contributed by atoms with Crippen LogP contribution in [0.15, 0.2) is 43.0 Å². The molecular weight excluding hydrogens is 306 g/mol. The molecule has 106 valence electrons. The maximum atomic E-state index is 4.65. The number of rotatable bonds is 2. The molecule has 4 rings (SSSR count). The van der Waals surface area contributed by atoms with Gasteiger partial charge < -0.3 is 9.88 Å². The van der Waals surface area contributed by atoms with E-state index < -0.39 is 0 Å². The zero-order valence-electron chi connectivity index (χ0n) is 11.1. The normalized spacial score (nSPS) is 10.7. The summed E-state index contributed by atoms with van der Waals surface area (Å²) < 4.78 is 3.13. The summed E-state index contributed by atoms with van der Waals surface area (Å²) in [5, 5.41) is 4.13. The second-order valence-electron chi connectivity index (χ2n) is 4.52. The van der Waals surface area contributed by atoms with Crippen molar-refractivity contribution in [2.45, 2.75) is 0 Å². The summed E-state index contributed by atoms with van der Waals surface area (Å²) in [4.78, 5) is 13.2. The fourth-order valence-corrected chi connectivity index (χ4v) is 3.09. The van der Waals surface area contributed by atoms with E-state index in [0.29, 0.717) is 0 Å². The van der Waals surface area contributed by atoms with Crippen molar-refractivity contribution >= 4 is 55.8 Å². The van der Waals surface area contributed by atoms with E-state index in [2.05, 4.69) is 32.4 Å². The van der Waals surface area contributed by atoms with Crippen molar-refractivity contribution in [1.29, 1.82) is 0 Å². The zero-order valence-corrected chi connectivity index (χ0v) is 12.8. The quantitative estimate of drug-likeness (QED) is 0.612. The Labute approximate surface area is 131 Å². The van der Waals surface area contributed by atoms with Gasteiger partial charge in [0.15, 0.2) is 5.13 Å². The molecule has 0 saturated carbocycles. The van der Waals surface area contributed by atoms with E-state index in [4.69, 9.17) is 0 Å². The minimum atomic E-state index is 0. The van der Waals surface area contributed by atoms with Crippen LogP contribution < -0.4 is 5.32 Å². The lowest BCUT2D eigenvalue weighted by Crippen LogP contribution is -1.89. The van der Waals surface area contributed by atoms with Crippen LogP contribution in [-0.2, 0) is 7.05 Å². The van der Waals surface area contributed by atoms with Crippen molar-refractivity contribution in [2.75, 3.05) is 5.32 Å². The molecule has 0 spiro atoms. The molecule has 3 heterocycles. The van der Waals surface area contributed by atoms with Gasteiger partial charge in [0.1, 0.15) is 11.0 Å². The summed E-state index contributed by atoms with van der Waals surface area (Å²) in [6.07, 6.45) is 5.35. The Morgan fingerprint density at radius 1 is 1.19 bits per heavy atom. The number of halogens is 1. The smallest absolute Gasteiger partial charge is 0.188 e. The van der Waals surface area contributed by atoms with Crippen LogP contribution in [-0.4, -0.2) is 19.5 Å². The highest BCUT2D eigenvalue weighted by Crippen LogP contribution is 2.32. The molecule has 1 aromatic carbocycles. The van der Waals surface area contributed by atoms with Crippen LogP contribution in [0.25, 0.3) is 21.3 Å². The summed E-state index contributed by atoms with van der Waals surface area (Å²) in [5.41, 5.74) is 3.92. The van der Waals surface area contributed by atoms with Gasteiger partial charge in [-0.2, -0.15) is 0 Å². The number of anilines is 2. The lowest BCUT2D eigenvalue weighted by Gasteiger charge is -1.99. The van der Waals surface area contributed by atoms with Gasteiger partial charge in [0, 0.05) is 13.2 Å². The van der Waals surface area contributed by atoms with Crippen LogP contribution in [0.4, 0.5) is 10.8 Å². The van der Waals surface area contributed by atoms with Gasteiger partial charge in [-0.05, 0) is 24.3 Å². The Hall–Kier alpha value is -2.18. The number of thiazole rings is 1. The zero-order chi connectivity index (χ0) is 13.5. The molecule has 7 heteroatoms. The number of nitrogens with one attached hydrogen (secondary N) is 1. The van der Waals surface area contributed by atoms with Crippen molar-refractivity contribution in [3.63, 3.8) is 0 Å². The Balaban J connectivity index is 0.00000132. The molecule has 0 aliphatic carbocycles. The molecule has 21 heavy (non-hydrogen) atoms. The molecule has 0 radical (unpaired) electrons. The third kappa shape index (κ3) is 2.32. The molecule has 0 aliphatic heterocycles. The molecule has 1 N–H and O–H groups in total. The number of nitrogens with zero attached hydrogens (tertiary/aromatic N) is 4. The maximum Gasteiger partial charge on any atom is 0.188 e. The molecule has 0 atom stereocenters. The second-order valence-corrected chi connectivity index (χ2v) is 5.55. The summed E-state index contributed by atoms with van der Waals surface area (Å²) in [6.45, 7) is 0. The SMILES string of the molecule is Cl.Cn1cnc2c3nc(Nc4cccnc4)sc3ccc21. The van der Waals surface area contributed by atoms with Gasteiger partial charge in [0.25, 0.3) is 0 Å². The number of hydrogen-bond acceptors (Lipinski definition) is 5. The van der Waals surface area contributed by atoms with Crippen molar-refractivity contribution in [3.05, 3.63) is 43.0 Å². The number of fused-ring (bicyclic) bond motifs is 3. The fourth-order valence-electron chi connectivity index (χ4n) is 2.20. The molecule has 3 aromatic heterocycles. The lowest BCUT2D eigenvalue weighted by molar-refractivity contribution is 0.948. The molecule has 0 aliphatic rings. The fraction of sp³-hybridized carbons (Fsp3) is 0.0714. The molecule has 0 fully saturated rings. The third-order valence-corrected chi connectivity index (χ3v) is 4.10. The molecule has 0 unspecified atom stereocenters. The van der Waals surface area contributed by atoms with Gasteiger partial charge in [-0.3, -0.25) is 4.98 Å². The largest absolute Gasteiger partial charge is 0.334 e.